The fourth-order valence-electron chi connectivity index (χ4n) is 6.65. The van der Waals surface area contributed by atoms with E-state index >= 15 is 0 Å². The van der Waals surface area contributed by atoms with Crippen molar-refractivity contribution in [3.8, 4) is 11.5 Å². The van der Waals surface area contributed by atoms with E-state index in [1.54, 1.807) is 0 Å². The van der Waals surface area contributed by atoms with Gasteiger partial charge in [-0.2, -0.15) is 0 Å². The molecule has 1 aromatic heterocycles. The number of carboxylic acids is 1. The molecule has 12 heteroatoms. The van der Waals surface area contributed by atoms with Gasteiger partial charge in [-0.25, -0.2) is 4.79 Å². The Balaban J connectivity index is 1.32. The van der Waals surface area contributed by atoms with Crippen LogP contribution < -0.4 is 15.4 Å². The number of carbonyl (C=O) groups is 3. The molecule has 0 radical (unpaired) electrons. The van der Waals surface area contributed by atoms with Gasteiger partial charge in [0.15, 0.2) is 0 Å². The molecule has 256 valence electrons. The largest absolute Gasteiger partial charge is 0.507 e. The van der Waals surface area contributed by atoms with E-state index in [9.17, 15) is 24.6 Å². The highest BCUT2D eigenvalue weighted by Gasteiger charge is 2.54. The molecule has 5 rings (SSSR count). The van der Waals surface area contributed by atoms with Crippen molar-refractivity contribution in [3.63, 3.8) is 0 Å². The number of nitrogens with one attached hydrogen (secondary N) is 2. The number of carboxylic acid groups (broad SMARTS) is 1. The molecule has 2 aliphatic heterocycles. The number of unbranched alkanes of at least 4 members (excludes halogenated alkanes) is 2. The number of thioether (sulfide) groups is 1. The molecule has 0 spiro atoms. The van der Waals surface area contributed by atoms with E-state index in [1.165, 1.54) is 33.6 Å². The fourth-order valence-corrected chi connectivity index (χ4v) is 8.86. The van der Waals surface area contributed by atoms with Crippen LogP contribution in [0.25, 0.3) is 0 Å². The molecule has 3 heterocycles. The summed E-state index contributed by atoms with van der Waals surface area (Å²) in [5.74, 6) is -1.02. The zero-order chi connectivity index (χ0) is 34.5. The minimum absolute atomic E-state index is 0.0303. The molecular formula is C36H43N3O6S3. The van der Waals surface area contributed by atoms with Crippen molar-refractivity contribution < 1.29 is 29.3 Å². The van der Waals surface area contributed by atoms with E-state index in [4.69, 9.17) is 17.0 Å². The lowest BCUT2D eigenvalue weighted by Gasteiger charge is -2.49. The van der Waals surface area contributed by atoms with Crippen molar-refractivity contribution in [2.75, 3.05) is 12.3 Å². The van der Waals surface area contributed by atoms with Crippen LogP contribution in [0.3, 0.4) is 0 Å². The van der Waals surface area contributed by atoms with Gasteiger partial charge in [0.1, 0.15) is 28.6 Å². The number of ether oxygens (including phenoxy) is 1. The third-order valence-electron chi connectivity index (χ3n) is 9.09. The van der Waals surface area contributed by atoms with Gasteiger partial charge in [-0.1, -0.05) is 49.6 Å². The molecule has 3 aliphatic rings. The predicted octanol–water partition coefficient (Wildman–Crippen LogP) is 6.44. The standard InChI is InChI=1S/C36H43N3O6S3/c1-5-6-7-9-22-15-27(40)30(26-14-21(4)11-12-25(26)20(2)3)28(16-22)45-36(46)37-18-23-19-48-34-31(33(42)39(34)32(23)35(43)44)38-29(41)17-24-10-8-13-47-24/h8,10,13-16,25-26,31,34,40H,2,5-7,9,11-12,17-19H2,1,3-4H3,(H,37,46)(H,38,41)(H,43,44)/t25-,26+,31+,34+/m0/s1. The monoisotopic (exact) mass is 709 g/mol. The molecule has 1 saturated heterocycles. The Morgan fingerprint density at radius 3 is 2.73 bits per heavy atom. The number of aliphatic carboxylic acids is 1. The first kappa shape index (κ1) is 35.7. The van der Waals surface area contributed by atoms with E-state index in [-0.39, 0.29) is 47.3 Å². The molecule has 1 fully saturated rings. The van der Waals surface area contributed by atoms with Gasteiger partial charge in [-0.05, 0) is 92.4 Å². The molecule has 4 N–H and O–H groups in total. The SMILES string of the molecule is C=C(C)[C@@H]1CCC(C)=C[C@H]1c1c(O)cc(CCCCC)cc1OC(=S)NCC1=C(C(=O)O)N2C(=O)[C@@H](NC(=O)Cc3cccs3)[C@H]2SC1. The molecule has 0 saturated carbocycles. The maximum absolute atomic E-state index is 13.1. The minimum atomic E-state index is -1.22. The summed E-state index contributed by atoms with van der Waals surface area (Å²) in [6.45, 7) is 10.5. The van der Waals surface area contributed by atoms with E-state index in [0.29, 0.717) is 22.6 Å². The number of fused-ring (bicyclic) bond motifs is 1. The van der Waals surface area contributed by atoms with Gasteiger partial charge in [-0.3, -0.25) is 14.5 Å². The Hall–Kier alpha value is -3.61. The highest BCUT2D eigenvalue weighted by Crippen LogP contribution is 2.47. The molecule has 48 heavy (non-hydrogen) atoms. The highest BCUT2D eigenvalue weighted by molar-refractivity contribution is 8.00. The first-order valence-corrected chi connectivity index (χ1v) is 18.7. The number of β-lactam (4-membered cyclic amide) rings is 1. The second-order valence-electron chi connectivity index (χ2n) is 12.7. The fraction of sp³-hybridized carbons (Fsp3) is 0.444. The van der Waals surface area contributed by atoms with Crippen molar-refractivity contribution in [2.45, 2.75) is 83.1 Å². The van der Waals surface area contributed by atoms with Gasteiger partial charge in [0.25, 0.3) is 11.1 Å². The first-order valence-electron chi connectivity index (χ1n) is 16.3. The zero-order valence-corrected chi connectivity index (χ0v) is 30.0. The number of phenolic OH excluding ortho intramolecular Hbond substituents is 1. The molecule has 9 nitrogen and oxygen atoms in total. The van der Waals surface area contributed by atoms with Gasteiger partial charge in [0.2, 0.25) is 5.91 Å². The Labute approximate surface area is 295 Å². The second-order valence-corrected chi connectivity index (χ2v) is 15.2. The summed E-state index contributed by atoms with van der Waals surface area (Å²) in [6.07, 6.45) is 8.14. The summed E-state index contributed by atoms with van der Waals surface area (Å²) >= 11 is 8.48. The number of rotatable bonds is 13. The number of nitrogens with zero attached hydrogens (tertiary/aromatic N) is 1. The van der Waals surface area contributed by atoms with Crippen molar-refractivity contribution in [3.05, 3.63) is 80.7 Å². The van der Waals surface area contributed by atoms with Crippen LogP contribution in [0.15, 0.2) is 64.7 Å². The zero-order valence-electron chi connectivity index (χ0n) is 27.5. The van der Waals surface area contributed by atoms with Gasteiger partial charge < -0.3 is 25.6 Å². The number of thiocarbonyl (C=S) groups is 1. The summed E-state index contributed by atoms with van der Waals surface area (Å²) in [5.41, 5.74) is 4.26. The number of benzene rings is 1. The quantitative estimate of drug-likeness (QED) is 0.0805. The van der Waals surface area contributed by atoms with Crippen molar-refractivity contribution >= 4 is 58.3 Å². The number of aryl methyl sites for hydroxylation is 1. The van der Waals surface area contributed by atoms with Gasteiger partial charge in [-0.15, -0.1) is 23.1 Å². The van der Waals surface area contributed by atoms with Gasteiger partial charge >= 0.3 is 5.97 Å². The molecule has 0 unspecified atom stereocenters. The molecule has 1 aliphatic carbocycles. The lowest BCUT2D eigenvalue weighted by Crippen LogP contribution is -2.70. The summed E-state index contributed by atoms with van der Waals surface area (Å²) in [4.78, 5) is 40.2. The maximum Gasteiger partial charge on any atom is 0.352 e. The number of phenols is 1. The molecule has 4 atom stereocenters. The van der Waals surface area contributed by atoms with Crippen molar-refractivity contribution in [2.24, 2.45) is 5.92 Å². The molecule has 0 bridgehead atoms. The van der Waals surface area contributed by atoms with Crippen LogP contribution in [0.5, 0.6) is 11.5 Å². The van der Waals surface area contributed by atoms with E-state index < -0.39 is 23.3 Å². The number of hydrogen-bond acceptors (Lipinski definition) is 8. The lowest BCUT2D eigenvalue weighted by atomic mass is 9.73. The third-order valence-corrected chi connectivity index (χ3v) is 11.5. The first-order chi connectivity index (χ1) is 23.0. The summed E-state index contributed by atoms with van der Waals surface area (Å²) < 4.78 is 6.26. The molecule has 2 amide bonds. The Kier molecular flexibility index (Phi) is 11.7. The Bertz CT molecular complexity index is 1650. The minimum Gasteiger partial charge on any atom is -0.507 e. The average molecular weight is 710 g/mol. The normalized spacial score (nSPS) is 21.9. The van der Waals surface area contributed by atoms with Crippen molar-refractivity contribution in [1.29, 1.82) is 0 Å². The topological polar surface area (TPSA) is 128 Å². The number of carbonyl (C=O) groups excluding carboxylic acids is 2. The summed E-state index contributed by atoms with van der Waals surface area (Å²) in [5, 5.41) is 28.8. The van der Waals surface area contributed by atoms with Gasteiger partial charge in [0.05, 0.1) is 6.42 Å². The third kappa shape index (κ3) is 7.98. The molecular weight excluding hydrogens is 667 g/mol. The van der Waals surface area contributed by atoms with Crippen LogP contribution in [0.2, 0.25) is 0 Å². The lowest BCUT2D eigenvalue weighted by molar-refractivity contribution is -0.150. The predicted molar refractivity (Wildman–Crippen MR) is 194 cm³/mol. The summed E-state index contributed by atoms with van der Waals surface area (Å²) in [7, 11) is 0. The molecule has 1 aromatic carbocycles. The second kappa shape index (κ2) is 15.7. The highest BCUT2D eigenvalue weighted by atomic mass is 32.2. The Morgan fingerprint density at radius 1 is 1.25 bits per heavy atom. The molecule has 2 aromatic rings. The van der Waals surface area contributed by atoms with Crippen LogP contribution in [0.4, 0.5) is 0 Å². The van der Waals surface area contributed by atoms with Crippen molar-refractivity contribution in [1.82, 2.24) is 15.5 Å². The van der Waals surface area contributed by atoms with E-state index in [0.717, 1.165) is 54.5 Å². The smallest absolute Gasteiger partial charge is 0.352 e. The number of thiophene rings is 1. The Morgan fingerprint density at radius 2 is 2.04 bits per heavy atom. The van der Waals surface area contributed by atoms with Crippen LogP contribution in [0, 0.1) is 5.92 Å². The van der Waals surface area contributed by atoms with Crippen LogP contribution in [-0.4, -0.2) is 61.8 Å². The number of amides is 2. The van der Waals surface area contributed by atoms with E-state index in [1.807, 2.05) is 36.6 Å². The number of hydrogen-bond donors (Lipinski definition) is 4. The number of allylic oxidation sites excluding steroid dienone is 3. The van der Waals surface area contributed by atoms with Crippen LogP contribution >= 0.6 is 35.3 Å². The average Bonchev–Trinajstić information content (AvgIpc) is 3.55. The number of aromatic hydroxyl groups is 1. The van der Waals surface area contributed by atoms with Crippen LogP contribution in [0.1, 0.15) is 74.8 Å². The van der Waals surface area contributed by atoms with Crippen LogP contribution in [-0.2, 0) is 27.2 Å². The maximum atomic E-state index is 13.1. The summed E-state index contributed by atoms with van der Waals surface area (Å²) in [6, 6.07) is 6.70. The van der Waals surface area contributed by atoms with E-state index in [2.05, 4.69) is 37.1 Å². The van der Waals surface area contributed by atoms with Gasteiger partial charge in [0, 0.05) is 28.7 Å².